The first-order valence-electron chi connectivity index (χ1n) is 8.04. The summed E-state index contributed by atoms with van der Waals surface area (Å²) in [4.78, 5) is 20.5. The molecule has 0 spiro atoms. The van der Waals surface area contributed by atoms with Crippen molar-refractivity contribution in [3.05, 3.63) is 64.8 Å². The zero-order valence-electron chi connectivity index (χ0n) is 14.5. The number of carbonyl (C=O) groups excluding carboxylic acids is 1. The molecule has 1 N–H and O–H groups in total. The predicted molar refractivity (Wildman–Crippen MR) is 105 cm³/mol. The molecule has 0 saturated carbocycles. The molecule has 0 aliphatic carbocycles. The first-order chi connectivity index (χ1) is 12.5. The minimum Gasteiger partial charge on any atom is -0.441 e. The normalized spacial score (nSPS) is 10.7. The van der Waals surface area contributed by atoms with E-state index in [9.17, 15) is 4.79 Å². The number of anilines is 1. The van der Waals surface area contributed by atoms with Crippen LogP contribution in [0, 0.1) is 13.8 Å². The molecule has 0 unspecified atom stereocenters. The van der Waals surface area contributed by atoms with Gasteiger partial charge in [0.15, 0.2) is 5.15 Å². The van der Waals surface area contributed by atoms with Gasteiger partial charge in [-0.15, -0.1) is 11.8 Å². The van der Waals surface area contributed by atoms with Crippen LogP contribution in [0.15, 0.2) is 47.0 Å². The highest BCUT2D eigenvalue weighted by Gasteiger charge is 2.13. The minimum absolute atomic E-state index is 0.134. The largest absolute Gasteiger partial charge is 0.441 e. The zero-order chi connectivity index (χ0) is 18.5. The van der Waals surface area contributed by atoms with E-state index in [1.54, 1.807) is 18.3 Å². The molecule has 0 fully saturated rings. The van der Waals surface area contributed by atoms with Crippen molar-refractivity contribution < 1.29 is 9.21 Å². The standard InChI is InChI=1S/C19H18ClN3O2S/c1-12-5-7-14(8-6-12)19-23-16(13(2)25-19)10-26-11-17(24)22-15-4-3-9-21-18(15)20/h3-9H,10-11H2,1-2H3,(H,22,24). The summed E-state index contributed by atoms with van der Waals surface area (Å²) in [6.45, 7) is 3.92. The number of pyridine rings is 1. The molecule has 7 heteroatoms. The van der Waals surface area contributed by atoms with Crippen LogP contribution in [-0.4, -0.2) is 21.6 Å². The van der Waals surface area contributed by atoms with Gasteiger partial charge in [-0.2, -0.15) is 0 Å². The summed E-state index contributed by atoms with van der Waals surface area (Å²) < 4.78 is 5.76. The lowest BCUT2D eigenvalue weighted by Crippen LogP contribution is -2.14. The number of carbonyl (C=O) groups is 1. The Morgan fingerprint density at radius 2 is 2.00 bits per heavy atom. The first kappa shape index (κ1) is 18.5. The molecule has 2 aromatic heterocycles. The number of aryl methyl sites for hydroxylation is 2. The van der Waals surface area contributed by atoms with Crippen molar-refractivity contribution in [2.45, 2.75) is 19.6 Å². The van der Waals surface area contributed by atoms with E-state index in [0.717, 1.165) is 17.0 Å². The van der Waals surface area contributed by atoms with Gasteiger partial charge < -0.3 is 9.73 Å². The molecule has 0 saturated heterocycles. The van der Waals surface area contributed by atoms with Gasteiger partial charge in [0.25, 0.3) is 0 Å². The van der Waals surface area contributed by atoms with Crippen LogP contribution in [-0.2, 0) is 10.5 Å². The van der Waals surface area contributed by atoms with E-state index in [1.807, 2.05) is 38.1 Å². The lowest BCUT2D eigenvalue weighted by atomic mass is 10.1. The van der Waals surface area contributed by atoms with Crippen LogP contribution >= 0.6 is 23.4 Å². The van der Waals surface area contributed by atoms with E-state index in [2.05, 4.69) is 15.3 Å². The number of aromatic nitrogens is 2. The van der Waals surface area contributed by atoms with Crippen LogP contribution in [0.25, 0.3) is 11.5 Å². The number of rotatable bonds is 6. The third-order valence-electron chi connectivity index (χ3n) is 3.70. The van der Waals surface area contributed by atoms with Crippen LogP contribution < -0.4 is 5.32 Å². The number of oxazole rings is 1. The molecule has 134 valence electrons. The zero-order valence-corrected chi connectivity index (χ0v) is 16.0. The van der Waals surface area contributed by atoms with Gasteiger partial charge in [-0.3, -0.25) is 4.79 Å². The average molecular weight is 388 g/mol. The highest BCUT2D eigenvalue weighted by Crippen LogP contribution is 2.25. The molecule has 1 amide bonds. The quantitative estimate of drug-likeness (QED) is 0.610. The van der Waals surface area contributed by atoms with Crippen LogP contribution in [0.1, 0.15) is 17.0 Å². The molecule has 0 aliphatic rings. The van der Waals surface area contributed by atoms with E-state index in [1.165, 1.54) is 17.3 Å². The van der Waals surface area contributed by atoms with Gasteiger partial charge in [-0.05, 0) is 38.1 Å². The smallest absolute Gasteiger partial charge is 0.234 e. The number of halogens is 1. The summed E-state index contributed by atoms with van der Waals surface area (Å²) in [5, 5.41) is 3.03. The number of thioether (sulfide) groups is 1. The van der Waals surface area contributed by atoms with E-state index >= 15 is 0 Å². The molecule has 1 aromatic carbocycles. The Morgan fingerprint density at radius 1 is 1.23 bits per heavy atom. The van der Waals surface area contributed by atoms with Gasteiger partial charge in [0.05, 0.1) is 17.1 Å². The Kier molecular flexibility index (Phi) is 5.96. The molecular formula is C19H18ClN3O2S. The number of benzene rings is 1. The van der Waals surface area contributed by atoms with Crippen molar-refractivity contribution in [2.75, 3.05) is 11.1 Å². The molecule has 0 bridgehead atoms. The minimum atomic E-state index is -0.134. The predicted octanol–water partition coefficient (Wildman–Crippen LogP) is 4.88. The second-order valence-corrected chi connectivity index (χ2v) is 7.11. The van der Waals surface area contributed by atoms with Crippen molar-refractivity contribution >= 4 is 35.0 Å². The van der Waals surface area contributed by atoms with Crippen LogP contribution in [0.4, 0.5) is 5.69 Å². The fourth-order valence-corrected chi connectivity index (χ4v) is 3.27. The number of hydrogen-bond donors (Lipinski definition) is 1. The van der Waals surface area contributed by atoms with Crippen molar-refractivity contribution in [1.82, 2.24) is 9.97 Å². The summed E-state index contributed by atoms with van der Waals surface area (Å²) in [5.74, 6) is 2.12. The van der Waals surface area contributed by atoms with Gasteiger partial charge in [0.2, 0.25) is 11.8 Å². The lowest BCUT2D eigenvalue weighted by Gasteiger charge is -2.05. The summed E-state index contributed by atoms with van der Waals surface area (Å²) in [5.41, 5.74) is 3.49. The van der Waals surface area contributed by atoms with Crippen molar-refractivity contribution in [3.8, 4) is 11.5 Å². The summed E-state index contributed by atoms with van der Waals surface area (Å²) in [7, 11) is 0. The summed E-state index contributed by atoms with van der Waals surface area (Å²) in [6.07, 6.45) is 1.58. The highest BCUT2D eigenvalue weighted by molar-refractivity contribution is 7.99. The van der Waals surface area contributed by atoms with E-state index in [4.69, 9.17) is 16.0 Å². The Labute approximate surface area is 161 Å². The van der Waals surface area contributed by atoms with Gasteiger partial charge in [-0.1, -0.05) is 29.3 Å². The molecule has 3 rings (SSSR count). The van der Waals surface area contributed by atoms with Crippen molar-refractivity contribution in [2.24, 2.45) is 0 Å². The SMILES string of the molecule is Cc1ccc(-c2nc(CSCC(=O)Nc3cccnc3Cl)c(C)o2)cc1. The van der Waals surface area contributed by atoms with Gasteiger partial charge in [0, 0.05) is 17.5 Å². The second kappa shape index (κ2) is 8.38. The molecule has 3 aromatic rings. The molecule has 0 atom stereocenters. The van der Waals surface area contributed by atoms with E-state index < -0.39 is 0 Å². The Balaban J connectivity index is 1.56. The number of amides is 1. The topological polar surface area (TPSA) is 68.0 Å². The van der Waals surface area contributed by atoms with E-state index in [-0.39, 0.29) is 16.8 Å². The summed E-state index contributed by atoms with van der Waals surface area (Å²) >= 11 is 7.40. The molecule has 26 heavy (non-hydrogen) atoms. The van der Waals surface area contributed by atoms with Crippen LogP contribution in [0.3, 0.4) is 0 Å². The second-order valence-electron chi connectivity index (χ2n) is 5.77. The lowest BCUT2D eigenvalue weighted by molar-refractivity contribution is -0.113. The fourth-order valence-electron chi connectivity index (χ4n) is 2.29. The van der Waals surface area contributed by atoms with Crippen molar-refractivity contribution in [3.63, 3.8) is 0 Å². The molecular weight excluding hydrogens is 370 g/mol. The third kappa shape index (κ3) is 4.65. The van der Waals surface area contributed by atoms with Crippen LogP contribution in [0.2, 0.25) is 5.15 Å². The summed E-state index contributed by atoms with van der Waals surface area (Å²) in [6, 6.07) is 11.5. The third-order valence-corrected chi connectivity index (χ3v) is 4.94. The first-order valence-corrected chi connectivity index (χ1v) is 9.57. The highest BCUT2D eigenvalue weighted by atomic mass is 35.5. The fraction of sp³-hybridized carbons (Fsp3) is 0.211. The average Bonchev–Trinajstić information content (AvgIpc) is 2.98. The number of nitrogens with zero attached hydrogens (tertiary/aromatic N) is 2. The van der Waals surface area contributed by atoms with E-state index in [0.29, 0.717) is 17.3 Å². The van der Waals surface area contributed by atoms with Gasteiger partial charge in [-0.25, -0.2) is 9.97 Å². The van der Waals surface area contributed by atoms with Gasteiger partial charge in [0.1, 0.15) is 5.76 Å². The Morgan fingerprint density at radius 3 is 2.73 bits per heavy atom. The molecule has 0 aliphatic heterocycles. The number of nitrogens with one attached hydrogen (secondary N) is 1. The van der Waals surface area contributed by atoms with Crippen molar-refractivity contribution in [1.29, 1.82) is 0 Å². The van der Waals surface area contributed by atoms with Crippen LogP contribution in [0.5, 0.6) is 0 Å². The Hall–Kier alpha value is -2.31. The maximum Gasteiger partial charge on any atom is 0.234 e. The molecule has 5 nitrogen and oxygen atoms in total. The monoisotopic (exact) mass is 387 g/mol. The molecule has 2 heterocycles. The maximum absolute atomic E-state index is 12.0. The van der Waals surface area contributed by atoms with Gasteiger partial charge >= 0.3 is 0 Å². The number of hydrogen-bond acceptors (Lipinski definition) is 5. The maximum atomic E-state index is 12.0. The Bertz CT molecular complexity index is 909. The molecule has 0 radical (unpaired) electrons.